The first-order valence-corrected chi connectivity index (χ1v) is 26.5. The van der Waals surface area contributed by atoms with Crippen LogP contribution in [0.4, 0.5) is 28.4 Å². The maximum Gasteiger partial charge on any atom is 0.0621 e. The second-order valence-corrected chi connectivity index (χ2v) is 21.7. The molecule has 1 aliphatic heterocycles. The van der Waals surface area contributed by atoms with Crippen LogP contribution < -0.4 is 9.80 Å². The molecule has 0 radical (unpaired) electrons. The molecule has 17 rings (SSSR count). The molecule has 10 aromatic carbocycles. The van der Waals surface area contributed by atoms with Crippen molar-refractivity contribution >= 4 is 148 Å². The fourth-order valence-corrected chi connectivity index (χ4v) is 15.3. The van der Waals surface area contributed by atoms with Crippen LogP contribution in [-0.2, 0) is 0 Å². The number of aromatic nitrogens is 2. The van der Waals surface area contributed by atoms with Crippen LogP contribution in [0.2, 0.25) is 0 Å². The molecule has 0 fully saturated rings. The van der Waals surface area contributed by atoms with Gasteiger partial charge >= 0.3 is 0 Å². The Morgan fingerprint density at radius 1 is 0.389 bits per heavy atom. The van der Waals surface area contributed by atoms with Crippen molar-refractivity contribution in [3.63, 3.8) is 0 Å². The minimum atomic E-state index is 0.357. The van der Waals surface area contributed by atoms with Gasteiger partial charge in [-0.15, -0.1) is 11.3 Å². The van der Waals surface area contributed by atoms with E-state index >= 15 is 0 Å². The highest BCUT2D eigenvalue weighted by Gasteiger charge is 2.34. The number of thiophene rings is 1. The number of para-hydroxylation sites is 4. The van der Waals surface area contributed by atoms with Crippen molar-refractivity contribution in [1.82, 2.24) is 8.80 Å². The SMILES string of the molecule is C1=C2Sc3ccccc3C2CC(N(c2ccccc2)c2cccc3c2c2cccc4c5cc6c(cc5n3c42)c2cccc3c4c(N(c5ccccc5)c5ccc7sc8ccccc8c7c5)cccc4n6c23)=C1. The lowest BCUT2D eigenvalue weighted by Gasteiger charge is -2.32. The first-order chi connectivity index (χ1) is 35.7. The average Bonchev–Trinajstić information content (AvgIpc) is 4.29. The van der Waals surface area contributed by atoms with Gasteiger partial charge < -0.3 is 18.6 Å². The molecule has 1 atom stereocenters. The van der Waals surface area contributed by atoms with E-state index in [0.29, 0.717) is 5.92 Å². The van der Waals surface area contributed by atoms with E-state index in [2.05, 4.69) is 243 Å². The van der Waals surface area contributed by atoms with Crippen molar-refractivity contribution in [2.24, 2.45) is 0 Å². The molecule has 6 heterocycles. The Bertz CT molecular complexity index is 4830. The molecule has 0 N–H and O–H groups in total. The lowest BCUT2D eigenvalue weighted by Crippen LogP contribution is -2.20. The molecule has 0 amide bonds. The molecule has 1 unspecified atom stereocenters. The van der Waals surface area contributed by atoms with E-state index in [0.717, 1.165) is 17.8 Å². The number of anilines is 5. The number of hydrogen-bond donors (Lipinski definition) is 0. The summed E-state index contributed by atoms with van der Waals surface area (Å²) in [5.41, 5.74) is 16.0. The van der Waals surface area contributed by atoms with E-state index in [4.69, 9.17) is 0 Å². The van der Waals surface area contributed by atoms with Gasteiger partial charge in [0.15, 0.2) is 0 Å². The van der Waals surface area contributed by atoms with Crippen LogP contribution in [0, 0.1) is 0 Å². The first-order valence-electron chi connectivity index (χ1n) is 24.8. The Morgan fingerprint density at radius 2 is 0.944 bits per heavy atom. The number of fused-ring (bicyclic) bond motifs is 18. The lowest BCUT2D eigenvalue weighted by molar-refractivity contribution is 0.783. The van der Waals surface area contributed by atoms with E-state index in [-0.39, 0.29) is 0 Å². The fourth-order valence-electron chi connectivity index (χ4n) is 13.0. The molecular formula is C66H40N4S2. The third kappa shape index (κ3) is 5.22. The fraction of sp³-hybridized carbons (Fsp3) is 0.0303. The topological polar surface area (TPSA) is 15.3 Å². The summed E-state index contributed by atoms with van der Waals surface area (Å²) in [6, 6.07) is 79.3. The Hall–Kier alpha value is -8.55. The predicted octanol–water partition coefficient (Wildman–Crippen LogP) is 19.0. The van der Waals surface area contributed by atoms with Crippen LogP contribution in [0.25, 0.3) is 96.4 Å². The van der Waals surface area contributed by atoms with Crippen molar-refractivity contribution in [3.05, 3.63) is 241 Å². The Morgan fingerprint density at radius 3 is 1.64 bits per heavy atom. The molecule has 2 aliphatic rings. The van der Waals surface area contributed by atoms with Gasteiger partial charge in [0.25, 0.3) is 0 Å². The molecule has 6 heteroatoms. The molecule has 0 saturated carbocycles. The molecule has 5 aromatic heterocycles. The summed E-state index contributed by atoms with van der Waals surface area (Å²) in [4.78, 5) is 7.83. The molecule has 0 saturated heterocycles. The molecule has 0 bridgehead atoms. The third-order valence-corrected chi connectivity index (χ3v) is 18.3. The van der Waals surface area contributed by atoms with Crippen LogP contribution in [0.5, 0.6) is 0 Å². The highest BCUT2D eigenvalue weighted by molar-refractivity contribution is 8.03. The zero-order chi connectivity index (χ0) is 46.8. The largest absolute Gasteiger partial charge is 0.313 e. The average molecular weight is 953 g/mol. The number of hydrogen-bond acceptors (Lipinski definition) is 4. The molecule has 336 valence electrons. The molecule has 15 aromatic rings. The van der Waals surface area contributed by atoms with Crippen LogP contribution in [0.3, 0.4) is 0 Å². The molecular weight excluding hydrogens is 913 g/mol. The van der Waals surface area contributed by atoms with Crippen LogP contribution in [0.15, 0.2) is 240 Å². The van der Waals surface area contributed by atoms with Gasteiger partial charge in [-0.25, -0.2) is 0 Å². The van der Waals surface area contributed by atoms with Gasteiger partial charge in [-0.1, -0.05) is 133 Å². The Kier molecular flexibility index (Phi) is 7.90. The Labute approximate surface area is 421 Å². The maximum atomic E-state index is 2.56. The first kappa shape index (κ1) is 39.2. The standard InChI is InChI=1S/C66H40N4S2/c1-3-15-39(16-4-1)67(41-31-33-61-51(35-41)43-19-7-9-29-59(43)71-61)53-25-13-27-55-63(53)47-23-11-21-45-49-38-58-50(37-57(49)69(55)65(45)47)46-22-12-24-48-64-54(26-14-28-56(64)70(58)66(46)48)68(40-17-5-2-6-18-40)42-32-34-62-52(36-42)44-20-8-10-30-60(44)72-62/h1-35,37-38,52H,36H2. The van der Waals surface area contributed by atoms with Crippen molar-refractivity contribution in [3.8, 4) is 0 Å². The number of benzene rings is 10. The number of allylic oxidation sites excluding steroid dienone is 4. The monoisotopic (exact) mass is 952 g/mol. The summed E-state index contributed by atoms with van der Waals surface area (Å²) in [6.07, 6.45) is 5.69. The summed E-state index contributed by atoms with van der Waals surface area (Å²) in [7, 11) is 0. The van der Waals surface area contributed by atoms with Gasteiger partial charge in [0.2, 0.25) is 0 Å². The second-order valence-electron chi connectivity index (χ2n) is 19.5. The van der Waals surface area contributed by atoms with Crippen LogP contribution in [-0.4, -0.2) is 8.80 Å². The predicted molar refractivity (Wildman–Crippen MR) is 308 cm³/mol. The van der Waals surface area contributed by atoms with E-state index < -0.39 is 0 Å². The summed E-state index contributed by atoms with van der Waals surface area (Å²) in [5, 5.41) is 12.8. The summed E-state index contributed by atoms with van der Waals surface area (Å²) in [6.45, 7) is 0. The molecule has 1 aliphatic carbocycles. The second kappa shape index (κ2) is 14.5. The van der Waals surface area contributed by atoms with E-state index in [9.17, 15) is 0 Å². The summed E-state index contributed by atoms with van der Waals surface area (Å²) in [5.74, 6) is 0.357. The quantitative estimate of drug-likeness (QED) is 0.165. The van der Waals surface area contributed by atoms with Gasteiger partial charge in [-0.05, 0) is 120 Å². The van der Waals surface area contributed by atoms with Crippen molar-refractivity contribution in [2.75, 3.05) is 9.80 Å². The molecule has 4 nitrogen and oxygen atoms in total. The number of nitrogens with zero attached hydrogens (tertiary/aromatic N) is 4. The van der Waals surface area contributed by atoms with E-state index in [1.165, 1.54) is 134 Å². The van der Waals surface area contributed by atoms with Crippen LogP contribution >= 0.6 is 23.1 Å². The summed E-state index contributed by atoms with van der Waals surface area (Å²) >= 11 is 3.80. The molecule has 0 spiro atoms. The van der Waals surface area contributed by atoms with Gasteiger partial charge in [0.1, 0.15) is 0 Å². The minimum absolute atomic E-state index is 0.357. The van der Waals surface area contributed by atoms with E-state index in [1.807, 2.05) is 23.1 Å². The summed E-state index contributed by atoms with van der Waals surface area (Å²) < 4.78 is 7.74. The zero-order valence-electron chi connectivity index (χ0n) is 38.8. The lowest BCUT2D eigenvalue weighted by atomic mass is 9.90. The van der Waals surface area contributed by atoms with Gasteiger partial charge in [0, 0.05) is 96.8 Å². The van der Waals surface area contributed by atoms with Gasteiger partial charge in [-0.3, -0.25) is 0 Å². The number of thioether (sulfide) groups is 1. The van der Waals surface area contributed by atoms with Crippen molar-refractivity contribution in [1.29, 1.82) is 0 Å². The normalized spacial score (nSPS) is 14.9. The minimum Gasteiger partial charge on any atom is -0.313 e. The number of rotatable bonds is 6. The van der Waals surface area contributed by atoms with Gasteiger partial charge in [-0.2, -0.15) is 0 Å². The van der Waals surface area contributed by atoms with Crippen LogP contribution in [0.1, 0.15) is 17.9 Å². The highest BCUT2D eigenvalue weighted by Crippen LogP contribution is 2.55. The van der Waals surface area contributed by atoms with Crippen molar-refractivity contribution in [2.45, 2.75) is 17.2 Å². The molecule has 72 heavy (non-hydrogen) atoms. The Balaban J connectivity index is 0.883. The van der Waals surface area contributed by atoms with E-state index in [1.54, 1.807) is 0 Å². The third-order valence-electron chi connectivity index (χ3n) is 15.9. The smallest absolute Gasteiger partial charge is 0.0621 e. The highest BCUT2D eigenvalue weighted by atomic mass is 32.2. The maximum absolute atomic E-state index is 2.56. The zero-order valence-corrected chi connectivity index (χ0v) is 40.4. The van der Waals surface area contributed by atoms with Crippen molar-refractivity contribution < 1.29 is 0 Å². The van der Waals surface area contributed by atoms with Gasteiger partial charge in [0.05, 0.1) is 44.5 Å².